The number of fused-ring (bicyclic) bond motifs is 1. The summed E-state index contributed by atoms with van der Waals surface area (Å²) in [7, 11) is -4.05. The molecular formula is C29H26Cl2FN5O4S. The van der Waals surface area contributed by atoms with Gasteiger partial charge in [0.25, 0.3) is 15.6 Å². The number of sulfonamides is 1. The highest BCUT2D eigenvalue weighted by molar-refractivity contribution is 7.92. The molecule has 2 aromatic heterocycles. The first kappa shape index (κ1) is 29.6. The lowest BCUT2D eigenvalue weighted by Crippen LogP contribution is -2.30. The minimum atomic E-state index is -4.05. The molecule has 0 aliphatic rings. The van der Waals surface area contributed by atoms with Crippen LogP contribution in [0.4, 0.5) is 10.1 Å². The number of aromatic nitrogens is 4. The lowest BCUT2D eigenvalue weighted by atomic mass is 9.91. The monoisotopic (exact) mass is 629 g/mol. The van der Waals surface area contributed by atoms with Gasteiger partial charge in [0.2, 0.25) is 0 Å². The fourth-order valence-electron chi connectivity index (χ4n) is 4.68. The van der Waals surface area contributed by atoms with Crippen molar-refractivity contribution in [2.75, 3.05) is 4.72 Å². The zero-order valence-electron chi connectivity index (χ0n) is 22.3. The third kappa shape index (κ3) is 6.13. The molecule has 0 saturated carbocycles. The van der Waals surface area contributed by atoms with Crippen molar-refractivity contribution in [1.29, 1.82) is 0 Å². The lowest BCUT2D eigenvalue weighted by molar-refractivity contribution is 0.597. The van der Waals surface area contributed by atoms with Crippen LogP contribution < -0.4 is 16.0 Å². The number of imidazole rings is 1. The maximum absolute atomic E-state index is 14.8. The number of hydrogen-bond donors (Lipinski definition) is 3. The Hall–Kier alpha value is -3.93. The van der Waals surface area contributed by atoms with E-state index in [-0.39, 0.29) is 38.2 Å². The van der Waals surface area contributed by atoms with Crippen LogP contribution in [0.1, 0.15) is 42.6 Å². The standard InChI is InChI=1S/C29H26Cl2FN5O4S/c1-2-3-14-37-27-25(28(38)35-29(37)39)33-26(34-27)21(15-18-6-4-5-7-23(18)32)17-8-11-20(12-9-17)36-42(40,41)24-16-19(30)10-13-22(24)31/h4-13,16,21,36H,2-3,14-15H2,1H3,(H,33,34)(H,35,38,39). The molecule has 42 heavy (non-hydrogen) atoms. The maximum atomic E-state index is 14.8. The van der Waals surface area contributed by atoms with E-state index in [0.717, 1.165) is 6.42 Å². The molecular weight excluding hydrogens is 604 g/mol. The largest absolute Gasteiger partial charge is 0.336 e. The quantitative estimate of drug-likeness (QED) is 0.179. The first-order chi connectivity index (χ1) is 20.1. The molecule has 0 fully saturated rings. The van der Waals surface area contributed by atoms with Gasteiger partial charge in [0.05, 0.1) is 5.02 Å². The van der Waals surface area contributed by atoms with Crippen molar-refractivity contribution in [2.45, 2.75) is 43.5 Å². The van der Waals surface area contributed by atoms with Gasteiger partial charge in [-0.15, -0.1) is 0 Å². The Morgan fingerprint density at radius 3 is 2.48 bits per heavy atom. The number of anilines is 1. The zero-order valence-corrected chi connectivity index (χ0v) is 24.7. The first-order valence-electron chi connectivity index (χ1n) is 13.1. The molecule has 9 nitrogen and oxygen atoms in total. The molecule has 5 aromatic rings. The summed E-state index contributed by atoms with van der Waals surface area (Å²) in [5.41, 5.74) is 0.543. The molecule has 218 valence electrons. The maximum Gasteiger partial charge on any atom is 0.330 e. The second-order valence-electron chi connectivity index (χ2n) is 9.74. The van der Waals surface area contributed by atoms with Crippen LogP contribution in [0.3, 0.4) is 0 Å². The van der Waals surface area contributed by atoms with Crippen molar-refractivity contribution in [2.24, 2.45) is 0 Å². The Morgan fingerprint density at radius 1 is 1.02 bits per heavy atom. The average Bonchev–Trinajstić information content (AvgIpc) is 3.40. The summed E-state index contributed by atoms with van der Waals surface area (Å²) >= 11 is 12.1. The molecule has 0 saturated heterocycles. The third-order valence-corrected chi connectivity index (χ3v) is 8.94. The molecule has 3 N–H and O–H groups in total. The number of hydrogen-bond acceptors (Lipinski definition) is 5. The zero-order chi connectivity index (χ0) is 30.0. The van der Waals surface area contributed by atoms with Gasteiger partial charge >= 0.3 is 5.69 Å². The number of aryl methyl sites for hydroxylation is 1. The van der Waals surface area contributed by atoms with Gasteiger partial charge in [0.1, 0.15) is 22.1 Å². The highest BCUT2D eigenvalue weighted by Crippen LogP contribution is 2.31. The molecule has 2 heterocycles. The number of nitrogens with one attached hydrogen (secondary N) is 3. The summed E-state index contributed by atoms with van der Waals surface area (Å²) in [6.45, 7) is 2.36. The molecule has 5 rings (SSSR count). The van der Waals surface area contributed by atoms with Gasteiger partial charge in [-0.2, -0.15) is 0 Å². The van der Waals surface area contributed by atoms with Gasteiger partial charge < -0.3 is 4.98 Å². The van der Waals surface area contributed by atoms with Gasteiger partial charge in [0, 0.05) is 23.2 Å². The summed E-state index contributed by atoms with van der Waals surface area (Å²) in [4.78, 5) is 35.1. The summed E-state index contributed by atoms with van der Waals surface area (Å²) in [5, 5.41) is 0.238. The SMILES string of the molecule is CCCCn1c(=O)[nH]c(=O)c2[nH]c(C(Cc3ccccc3F)c3ccc(NS(=O)(=O)c4cc(Cl)ccc4Cl)cc3)nc21. The number of unbranched alkanes of at least 4 members (excludes halogenated alkanes) is 1. The molecule has 0 amide bonds. The minimum absolute atomic E-state index is 0.0192. The van der Waals surface area contributed by atoms with E-state index in [9.17, 15) is 22.4 Å². The van der Waals surface area contributed by atoms with E-state index in [4.69, 9.17) is 23.2 Å². The molecule has 0 radical (unpaired) electrons. The molecule has 0 aliphatic heterocycles. The van der Waals surface area contributed by atoms with Gasteiger partial charge in [-0.1, -0.05) is 66.9 Å². The Labute approximate surface area is 250 Å². The van der Waals surface area contributed by atoms with Crippen LogP contribution in [0, 0.1) is 5.82 Å². The minimum Gasteiger partial charge on any atom is -0.336 e. The van der Waals surface area contributed by atoms with Crippen molar-refractivity contribution < 1.29 is 12.8 Å². The van der Waals surface area contributed by atoms with E-state index in [2.05, 4.69) is 19.7 Å². The van der Waals surface area contributed by atoms with Crippen molar-refractivity contribution >= 4 is 50.1 Å². The average molecular weight is 631 g/mol. The van der Waals surface area contributed by atoms with Crippen molar-refractivity contribution in [3.63, 3.8) is 0 Å². The van der Waals surface area contributed by atoms with Crippen LogP contribution in [-0.2, 0) is 23.0 Å². The Balaban J connectivity index is 1.55. The summed E-state index contributed by atoms with van der Waals surface area (Å²) < 4.78 is 44.6. The van der Waals surface area contributed by atoms with Crippen LogP contribution in [-0.4, -0.2) is 27.9 Å². The number of nitrogens with zero attached hydrogens (tertiary/aromatic N) is 2. The molecule has 1 unspecified atom stereocenters. The molecule has 0 bridgehead atoms. The van der Waals surface area contributed by atoms with E-state index in [0.29, 0.717) is 29.9 Å². The second kappa shape index (κ2) is 12.1. The predicted octanol–water partition coefficient (Wildman–Crippen LogP) is 5.83. The smallest absolute Gasteiger partial charge is 0.330 e. The number of benzene rings is 3. The summed E-state index contributed by atoms with van der Waals surface area (Å²) in [5.74, 6) is -0.621. The van der Waals surface area contributed by atoms with E-state index in [1.54, 1.807) is 42.5 Å². The fourth-order valence-corrected chi connectivity index (χ4v) is 6.50. The predicted molar refractivity (Wildman–Crippen MR) is 162 cm³/mol. The van der Waals surface area contributed by atoms with Gasteiger partial charge in [-0.25, -0.2) is 22.6 Å². The Morgan fingerprint density at radius 2 is 1.76 bits per heavy atom. The second-order valence-corrected chi connectivity index (χ2v) is 12.2. The molecule has 0 aliphatic carbocycles. The number of H-pyrrole nitrogens is 2. The van der Waals surface area contributed by atoms with Crippen LogP contribution in [0.15, 0.2) is 81.2 Å². The van der Waals surface area contributed by atoms with Crippen molar-refractivity contribution in [1.82, 2.24) is 19.5 Å². The molecule has 13 heteroatoms. The van der Waals surface area contributed by atoms with E-state index >= 15 is 0 Å². The van der Waals surface area contributed by atoms with Gasteiger partial charge in [0.15, 0.2) is 5.65 Å². The van der Waals surface area contributed by atoms with Crippen LogP contribution in [0.5, 0.6) is 0 Å². The van der Waals surface area contributed by atoms with E-state index in [1.807, 2.05) is 6.92 Å². The molecule has 1 atom stereocenters. The fraction of sp³-hybridized carbons (Fsp3) is 0.207. The summed E-state index contributed by atoms with van der Waals surface area (Å²) in [6.07, 6.45) is 1.71. The van der Waals surface area contributed by atoms with Gasteiger partial charge in [-0.05, 0) is 60.4 Å². The summed E-state index contributed by atoms with van der Waals surface area (Å²) in [6, 6.07) is 17.0. The topological polar surface area (TPSA) is 130 Å². The van der Waals surface area contributed by atoms with Crippen LogP contribution in [0.2, 0.25) is 10.0 Å². The normalized spacial score (nSPS) is 12.5. The molecule has 0 spiro atoms. The lowest BCUT2D eigenvalue weighted by Gasteiger charge is -2.17. The van der Waals surface area contributed by atoms with Crippen molar-refractivity contribution in [3.05, 3.63) is 120 Å². The highest BCUT2D eigenvalue weighted by Gasteiger charge is 2.24. The third-order valence-electron chi connectivity index (χ3n) is 6.85. The first-order valence-corrected chi connectivity index (χ1v) is 15.3. The van der Waals surface area contributed by atoms with E-state index < -0.39 is 33.0 Å². The van der Waals surface area contributed by atoms with Crippen LogP contribution in [0.25, 0.3) is 11.2 Å². The van der Waals surface area contributed by atoms with Crippen molar-refractivity contribution in [3.8, 4) is 0 Å². The van der Waals surface area contributed by atoms with E-state index in [1.165, 1.54) is 28.8 Å². The van der Waals surface area contributed by atoms with Crippen LogP contribution >= 0.6 is 23.2 Å². The highest BCUT2D eigenvalue weighted by atomic mass is 35.5. The number of halogens is 3. The Bertz CT molecular complexity index is 1990. The number of rotatable bonds is 10. The van der Waals surface area contributed by atoms with Gasteiger partial charge in [-0.3, -0.25) is 19.1 Å². The number of aromatic amines is 2. The molecule has 3 aromatic carbocycles. The Kier molecular flexibility index (Phi) is 8.53.